The third kappa shape index (κ3) is 0.655. The molecule has 2 aliphatic rings. The quantitative estimate of drug-likeness (QED) is 0.513. The maximum absolute atomic E-state index is 10.5. The summed E-state index contributed by atoms with van der Waals surface area (Å²) in [6, 6.07) is 0. The van der Waals surface area contributed by atoms with Crippen molar-refractivity contribution in [1.82, 2.24) is 5.32 Å². The van der Waals surface area contributed by atoms with Crippen LogP contribution in [0.25, 0.3) is 0 Å². The second kappa shape index (κ2) is 1.31. The van der Waals surface area contributed by atoms with Crippen LogP contribution < -0.4 is 5.32 Å². The van der Waals surface area contributed by atoms with E-state index in [9.17, 15) is 4.79 Å². The van der Waals surface area contributed by atoms with Gasteiger partial charge in [-0.1, -0.05) is 0 Å². The first-order chi connectivity index (χ1) is 4.21. The van der Waals surface area contributed by atoms with Gasteiger partial charge in [-0.05, 0) is 25.7 Å². The Hall–Kier alpha value is -0.530. The average molecular weight is 125 g/mol. The van der Waals surface area contributed by atoms with Gasteiger partial charge in [0.05, 0.1) is 0 Å². The number of hydrogen-bond donors (Lipinski definition) is 1. The fourth-order valence-corrected chi connectivity index (χ4v) is 1.60. The fourth-order valence-electron chi connectivity index (χ4n) is 1.60. The number of carbonyl (C=O) groups is 1. The molecule has 50 valence electrons. The molecule has 0 aromatic heterocycles. The van der Waals surface area contributed by atoms with E-state index in [2.05, 4.69) is 12.2 Å². The van der Waals surface area contributed by atoms with Crippen molar-refractivity contribution in [2.24, 2.45) is 5.92 Å². The van der Waals surface area contributed by atoms with Crippen LogP contribution in [0.2, 0.25) is 0 Å². The zero-order valence-corrected chi connectivity index (χ0v) is 5.61. The SMILES string of the molecule is CC1(C2CC2)CC(=O)N1. The summed E-state index contributed by atoms with van der Waals surface area (Å²) in [6.45, 7) is 2.14. The van der Waals surface area contributed by atoms with Gasteiger partial charge in [0.2, 0.25) is 5.91 Å². The molecule has 1 aliphatic carbocycles. The Morgan fingerprint density at radius 3 is 2.56 bits per heavy atom. The number of carbonyl (C=O) groups excluding carboxylic acids is 1. The van der Waals surface area contributed by atoms with Crippen molar-refractivity contribution >= 4 is 5.91 Å². The van der Waals surface area contributed by atoms with E-state index in [0.717, 1.165) is 12.3 Å². The highest BCUT2D eigenvalue weighted by Gasteiger charge is 2.49. The van der Waals surface area contributed by atoms with E-state index < -0.39 is 0 Å². The van der Waals surface area contributed by atoms with Crippen molar-refractivity contribution in [1.29, 1.82) is 0 Å². The molecule has 1 unspecified atom stereocenters. The minimum absolute atomic E-state index is 0.205. The highest BCUT2D eigenvalue weighted by Crippen LogP contribution is 2.44. The molecule has 1 saturated carbocycles. The Balaban J connectivity index is 2.01. The molecule has 0 aromatic rings. The fraction of sp³-hybridized carbons (Fsp3) is 0.857. The first-order valence-corrected chi connectivity index (χ1v) is 3.52. The summed E-state index contributed by atoms with van der Waals surface area (Å²) in [6.07, 6.45) is 3.39. The molecular formula is C7H11NO. The maximum atomic E-state index is 10.5. The van der Waals surface area contributed by atoms with E-state index in [1.165, 1.54) is 12.8 Å². The van der Waals surface area contributed by atoms with Crippen molar-refractivity contribution in [2.75, 3.05) is 0 Å². The number of amides is 1. The summed E-state index contributed by atoms with van der Waals surface area (Å²) in [5.41, 5.74) is 0.205. The van der Waals surface area contributed by atoms with Gasteiger partial charge >= 0.3 is 0 Å². The second-order valence-corrected chi connectivity index (χ2v) is 3.42. The molecule has 0 aromatic carbocycles. The van der Waals surface area contributed by atoms with Crippen LogP contribution in [0.5, 0.6) is 0 Å². The normalized spacial score (nSPS) is 41.7. The van der Waals surface area contributed by atoms with Crippen molar-refractivity contribution in [3.63, 3.8) is 0 Å². The van der Waals surface area contributed by atoms with Gasteiger partial charge in [-0.15, -0.1) is 0 Å². The van der Waals surface area contributed by atoms with E-state index in [1.54, 1.807) is 0 Å². The molecule has 1 atom stereocenters. The van der Waals surface area contributed by atoms with Gasteiger partial charge in [-0.2, -0.15) is 0 Å². The molecule has 1 saturated heterocycles. The molecule has 1 N–H and O–H groups in total. The Morgan fingerprint density at radius 1 is 1.67 bits per heavy atom. The van der Waals surface area contributed by atoms with Crippen LogP contribution >= 0.6 is 0 Å². The molecule has 1 amide bonds. The zero-order valence-electron chi connectivity index (χ0n) is 5.61. The van der Waals surface area contributed by atoms with Crippen LogP contribution in [0.15, 0.2) is 0 Å². The van der Waals surface area contributed by atoms with E-state index in [-0.39, 0.29) is 11.4 Å². The minimum atomic E-state index is 0.205. The lowest BCUT2D eigenvalue weighted by Crippen LogP contribution is -2.60. The molecule has 2 nitrogen and oxygen atoms in total. The maximum Gasteiger partial charge on any atom is 0.222 e. The van der Waals surface area contributed by atoms with Crippen LogP contribution in [-0.4, -0.2) is 11.4 Å². The van der Waals surface area contributed by atoms with Gasteiger partial charge in [0.15, 0.2) is 0 Å². The Morgan fingerprint density at radius 2 is 2.22 bits per heavy atom. The second-order valence-electron chi connectivity index (χ2n) is 3.42. The van der Waals surface area contributed by atoms with Crippen LogP contribution in [0.1, 0.15) is 26.2 Å². The van der Waals surface area contributed by atoms with Gasteiger partial charge in [0, 0.05) is 12.0 Å². The molecule has 2 heteroatoms. The highest BCUT2D eigenvalue weighted by atomic mass is 16.2. The van der Waals surface area contributed by atoms with Crippen molar-refractivity contribution in [3.05, 3.63) is 0 Å². The number of hydrogen-bond acceptors (Lipinski definition) is 1. The molecule has 1 heterocycles. The molecule has 1 aliphatic heterocycles. The molecular weight excluding hydrogens is 114 g/mol. The third-order valence-corrected chi connectivity index (χ3v) is 2.43. The van der Waals surface area contributed by atoms with E-state index in [4.69, 9.17) is 0 Å². The number of β-lactam (4-membered cyclic amide) rings is 1. The zero-order chi connectivity index (χ0) is 6.48. The highest BCUT2D eigenvalue weighted by molar-refractivity contribution is 5.84. The lowest BCUT2D eigenvalue weighted by molar-refractivity contribution is -0.132. The molecule has 0 bridgehead atoms. The van der Waals surface area contributed by atoms with E-state index in [1.807, 2.05) is 0 Å². The summed E-state index contributed by atoms with van der Waals surface area (Å²) < 4.78 is 0. The van der Waals surface area contributed by atoms with Crippen LogP contribution in [-0.2, 0) is 4.79 Å². The van der Waals surface area contributed by atoms with Crippen molar-refractivity contribution in [3.8, 4) is 0 Å². The van der Waals surface area contributed by atoms with Gasteiger partial charge in [-0.25, -0.2) is 0 Å². The summed E-state index contributed by atoms with van der Waals surface area (Å²) in [7, 11) is 0. The van der Waals surface area contributed by atoms with Crippen molar-refractivity contribution in [2.45, 2.75) is 31.7 Å². The average Bonchev–Trinajstić information content (AvgIpc) is 2.39. The lowest BCUT2D eigenvalue weighted by Gasteiger charge is -2.39. The van der Waals surface area contributed by atoms with Crippen LogP contribution in [0, 0.1) is 5.92 Å². The van der Waals surface area contributed by atoms with Crippen LogP contribution in [0.4, 0.5) is 0 Å². The number of nitrogens with one attached hydrogen (secondary N) is 1. The minimum Gasteiger partial charge on any atom is -0.350 e. The third-order valence-electron chi connectivity index (χ3n) is 2.43. The summed E-state index contributed by atoms with van der Waals surface area (Å²) >= 11 is 0. The standard InChI is InChI=1S/C7H11NO/c1-7(5-2-3-5)4-6(9)8-7/h5H,2-4H2,1H3,(H,8,9). The summed E-state index contributed by atoms with van der Waals surface area (Å²) in [4.78, 5) is 10.5. The Labute approximate surface area is 54.6 Å². The molecule has 9 heavy (non-hydrogen) atoms. The molecule has 0 spiro atoms. The van der Waals surface area contributed by atoms with E-state index in [0.29, 0.717) is 0 Å². The Kier molecular flexibility index (Phi) is 0.765. The predicted octanol–water partition coefficient (Wildman–Crippen LogP) is 0.675. The van der Waals surface area contributed by atoms with E-state index >= 15 is 0 Å². The summed E-state index contributed by atoms with van der Waals surface area (Å²) in [5, 5.41) is 2.94. The lowest BCUT2D eigenvalue weighted by atomic mass is 9.84. The Bertz CT molecular complexity index is 152. The molecule has 0 radical (unpaired) electrons. The monoisotopic (exact) mass is 125 g/mol. The van der Waals surface area contributed by atoms with Gasteiger partial charge in [0.25, 0.3) is 0 Å². The van der Waals surface area contributed by atoms with Crippen molar-refractivity contribution < 1.29 is 4.79 Å². The largest absolute Gasteiger partial charge is 0.350 e. The summed E-state index contributed by atoms with van der Waals surface area (Å²) in [5.74, 6) is 1.03. The predicted molar refractivity (Wildman–Crippen MR) is 33.9 cm³/mol. The first-order valence-electron chi connectivity index (χ1n) is 3.52. The molecule has 2 fully saturated rings. The van der Waals surface area contributed by atoms with Gasteiger partial charge in [0.1, 0.15) is 0 Å². The van der Waals surface area contributed by atoms with Gasteiger partial charge in [-0.3, -0.25) is 4.79 Å². The molecule has 2 rings (SSSR count). The van der Waals surface area contributed by atoms with Gasteiger partial charge < -0.3 is 5.32 Å². The van der Waals surface area contributed by atoms with Crippen LogP contribution in [0.3, 0.4) is 0 Å². The number of rotatable bonds is 1. The first kappa shape index (κ1) is 5.27. The topological polar surface area (TPSA) is 29.1 Å². The smallest absolute Gasteiger partial charge is 0.222 e.